The van der Waals surface area contributed by atoms with Gasteiger partial charge in [-0.1, -0.05) is 6.07 Å². The van der Waals surface area contributed by atoms with Crippen LogP contribution in [0.25, 0.3) is 0 Å². The van der Waals surface area contributed by atoms with E-state index in [0.717, 1.165) is 25.7 Å². The summed E-state index contributed by atoms with van der Waals surface area (Å²) >= 11 is 1.81. The lowest BCUT2D eigenvalue weighted by Gasteiger charge is -2.45. The molecule has 1 aliphatic carbocycles. The molecule has 1 heterocycles. The molecule has 1 saturated carbocycles. The summed E-state index contributed by atoms with van der Waals surface area (Å²) in [5.41, 5.74) is 6.22. The fraction of sp³-hybridized carbons (Fsp3) is 0.667. The molecule has 0 radical (unpaired) electrons. The van der Waals surface area contributed by atoms with Crippen LogP contribution in [0.3, 0.4) is 0 Å². The fourth-order valence-corrected chi connectivity index (χ4v) is 2.99. The third-order valence-corrected chi connectivity index (χ3v) is 4.50. The predicted octanol–water partition coefficient (Wildman–Crippen LogP) is 2.58. The molecule has 0 amide bonds. The molecule has 1 atom stereocenters. The van der Waals surface area contributed by atoms with Crippen molar-refractivity contribution in [3.05, 3.63) is 22.4 Å². The van der Waals surface area contributed by atoms with Crippen LogP contribution >= 0.6 is 11.3 Å². The number of hydrogen-bond acceptors (Lipinski definition) is 3. The van der Waals surface area contributed by atoms with Crippen molar-refractivity contribution >= 4 is 11.3 Å². The van der Waals surface area contributed by atoms with Crippen molar-refractivity contribution in [3.63, 3.8) is 0 Å². The zero-order valence-electron chi connectivity index (χ0n) is 9.24. The Hall–Kier alpha value is -0.380. The van der Waals surface area contributed by atoms with Crippen LogP contribution in [0, 0.1) is 0 Å². The molecular formula is C12H19NOS. The Morgan fingerprint density at radius 2 is 2.40 bits per heavy atom. The number of hydrogen-bond donors (Lipinski definition) is 1. The number of methoxy groups -OCH3 is 1. The van der Waals surface area contributed by atoms with Gasteiger partial charge in [0.05, 0.1) is 5.60 Å². The van der Waals surface area contributed by atoms with Gasteiger partial charge in [-0.3, -0.25) is 0 Å². The Kier molecular flexibility index (Phi) is 3.44. The third-order valence-electron chi connectivity index (χ3n) is 3.56. The first-order chi connectivity index (χ1) is 7.27. The highest BCUT2D eigenvalue weighted by Crippen LogP contribution is 2.38. The summed E-state index contributed by atoms with van der Waals surface area (Å²) < 4.78 is 5.58. The van der Waals surface area contributed by atoms with Gasteiger partial charge in [0.25, 0.3) is 0 Å². The van der Waals surface area contributed by atoms with Gasteiger partial charge in [0, 0.05) is 18.0 Å². The molecule has 15 heavy (non-hydrogen) atoms. The van der Waals surface area contributed by atoms with Crippen LogP contribution in [0.4, 0.5) is 0 Å². The molecule has 2 rings (SSSR count). The normalized spacial score (nSPS) is 20.9. The molecule has 0 spiro atoms. The zero-order chi connectivity index (χ0) is 10.7. The second-order valence-corrected chi connectivity index (χ2v) is 5.38. The van der Waals surface area contributed by atoms with Gasteiger partial charge in [-0.05, 0) is 43.6 Å². The average molecular weight is 225 g/mol. The van der Waals surface area contributed by atoms with Crippen molar-refractivity contribution in [1.82, 2.24) is 0 Å². The summed E-state index contributed by atoms with van der Waals surface area (Å²) in [6.45, 7) is 0. The molecule has 0 bridgehead atoms. The lowest BCUT2D eigenvalue weighted by Crippen LogP contribution is -2.54. The summed E-state index contributed by atoms with van der Waals surface area (Å²) in [7, 11) is 1.80. The topological polar surface area (TPSA) is 35.2 Å². The first kappa shape index (κ1) is 11.1. The van der Waals surface area contributed by atoms with Gasteiger partial charge in [-0.15, -0.1) is 11.3 Å². The van der Waals surface area contributed by atoms with E-state index in [1.807, 2.05) is 11.3 Å². The van der Waals surface area contributed by atoms with Crippen molar-refractivity contribution in [2.45, 2.75) is 43.7 Å². The first-order valence-corrected chi connectivity index (χ1v) is 6.48. The van der Waals surface area contributed by atoms with Crippen molar-refractivity contribution < 1.29 is 4.74 Å². The lowest BCUT2D eigenvalue weighted by molar-refractivity contribution is -0.0912. The molecule has 0 saturated heterocycles. The van der Waals surface area contributed by atoms with Crippen LogP contribution in [0.15, 0.2) is 17.5 Å². The van der Waals surface area contributed by atoms with E-state index >= 15 is 0 Å². The Balaban J connectivity index is 1.84. The smallest absolute Gasteiger partial charge is 0.0829 e. The van der Waals surface area contributed by atoms with Gasteiger partial charge in [0.15, 0.2) is 0 Å². The van der Waals surface area contributed by atoms with Crippen LogP contribution in [-0.2, 0) is 11.2 Å². The van der Waals surface area contributed by atoms with E-state index in [1.54, 1.807) is 7.11 Å². The molecule has 0 aliphatic heterocycles. The Bertz CT molecular complexity index is 287. The van der Waals surface area contributed by atoms with Gasteiger partial charge < -0.3 is 10.5 Å². The number of thiophene rings is 1. The van der Waals surface area contributed by atoms with E-state index in [4.69, 9.17) is 10.5 Å². The molecular weight excluding hydrogens is 206 g/mol. The van der Waals surface area contributed by atoms with Crippen molar-refractivity contribution in [1.29, 1.82) is 0 Å². The van der Waals surface area contributed by atoms with E-state index in [2.05, 4.69) is 17.5 Å². The van der Waals surface area contributed by atoms with Gasteiger partial charge in [-0.2, -0.15) is 0 Å². The van der Waals surface area contributed by atoms with E-state index < -0.39 is 0 Å². The molecule has 1 aromatic rings. The molecule has 1 aliphatic rings. The Morgan fingerprint density at radius 1 is 1.60 bits per heavy atom. The SMILES string of the molecule is COC1(C(N)CCc2cccs2)CCC1. The van der Waals surface area contributed by atoms with Gasteiger partial charge >= 0.3 is 0 Å². The molecule has 0 aromatic carbocycles. The molecule has 3 heteroatoms. The molecule has 1 aromatic heterocycles. The summed E-state index contributed by atoms with van der Waals surface area (Å²) in [4.78, 5) is 1.43. The maximum absolute atomic E-state index is 6.22. The molecule has 2 nitrogen and oxygen atoms in total. The summed E-state index contributed by atoms with van der Waals surface area (Å²) in [5, 5.41) is 2.12. The number of rotatable bonds is 5. The second kappa shape index (κ2) is 4.64. The molecule has 1 unspecified atom stereocenters. The van der Waals surface area contributed by atoms with Crippen LogP contribution in [0.2, 0.25) is 0 Å². The predicted molar refractivity (Wildman–Crippen MR) is 64.2 cm³/mol. The lowest BCUT2D eigenvalue weighted by atomic mass is 9.73. The van der Waals surface area contributed by atoms with Crippen LogP contribution in [0.5, 0.6) is 0 Å². The highest BCUT2D eigenvalue weighted by atomic mass is 32.1. The first-order valence-electron chi connectivity index (χ1n) is 5.60. The van der Waals surface area contributed by atoms with Gasteiger partial charge in [-0.25, -0.2) is 0 Å². The Labute approximate surface area is 95.4 Å². The molecule has 84 valence electrons. The van der Waals surface area contributed by atoms with E-state index in [1.165, 1.54) is 11.3 Å². The standard InChI is InChI=1S/C12H19NOS/c1-14-12(7-3-8-12)11(13)6-5-10-4-2-9-15-10/h2,4,9,11H,3,5-8,13H2,1H3. The maximum Gasteiger partial charge on any atom is 0.0829 e. The summed E-state index contributed by atoms with van der Waals surface area (Å²) in [5.74, 6) is 0. The summed E-state index contributed by atoms with van der Waals surface area (Å²) in [6, 6.07) is 4.47. The third kappa shape index (κ3) is 2.25. The van der Waals surface area contributed by atoms with E-state index in [-0.39, 0.29) is 11.6 Å². The Morgan fingerprint density at radius 3 is 2.87 bits per heavy atom. The molecule has 2 N–H and O–H groups in total. The van der Waals surface area contributed by atoms with Gasteiger partial charge in [0.2, 0.25) is 0 Å². The quantitative estimate of drug-likeness (QED) is 0.836. The van der Waals surface area contributed by atoms with E-state index in [0.29, 0.717) is 0 Å². The number of ether oxygens (including phenoxy) is 1. The second-order valence-electron chi connectivity index (χ2n) is 4.35. The average Bonchev–Trinajstić information content (AvgIpc) is 2.66. The minimum absolute atomic E-state index is 0.00272. The van der Waals surface area contributed by atoms with Crippen molar-refractivity contribution in [3.8, 4) is 0 Å². The van der Waals surface area contributed by atoms with Crippen molar-refractivity contribution in [2.24, 2.45) is 5.73 Å². The highest BCUT2D eigenvalue weighted by molar-refractivity contribution is 7.09. The van der Waals surface area contributed by atoms with E-state index in [9.17, 15) is 0 Å². The minimum atomic E-state index is -0.00272. The van der Waals surface area contributed by atoms with Gasteiger partial charge in [0.1, 0.15) is 0 Å². The fourth-order valence-electron chi connectivity index (χ4n) is 2.27. The monoisotopic (exact) mass is 225 g/mol. The van der Waals surface area contributed by atoms with Crippen LogP contribution in [0.1, 0.15) is 30.6 Å². The van der Waals surface area contributed by atoms with Crippen molar-refractivity contribution in [2.75, 3.05) is 7.11 Å². The largest absolute Gasteiger partial charge is 0.377 e. The zero-order valence-corrected chi connectivity index (χ0v) is 10.1. The molecule has 1 fully saturated rings. The number of aryl methyl sites for hydroxylation is 1. The summed E-state index contributed by atoms with van der Waals surface area (Å²) in [6.07, 6.45) is 5.66. The van der Waals surface area contributed by atoms with Crippen LogP contribution in [-0.4, -0.2) is 18.8 Å². The minimum Gasteiger partial charge on any atom is -0.377 e. The van der Waals surface area contributed by atoms with Crippen LogP contribution < -0.4 is 5.73 Å². The maximum atomic E-state index is 6.22. The highest BCUT2D eigenvalue weighted by Gasteiger charge is 2.42. The number of nitrogens with two attached hydrogens (primary N) is 1.